The number of benzene rings is 2. The van der Waals surface area contributed by atoms with Crippen LogP contribution in [0.2, 0.25) is 0 Å². The zero-order valence-electron chi connectivity index (χ0n) is 19.4. The predicted octanol–water partition coefficient (Wildman–Crippen LogP) is 1.73. The van der Waals surface area contributed by atoms with Crippen LogP contribution in [0.1, 0.15) is 37.0 Å². The number of sulfonamides is 1. The third-order valence-corrected chi connectivity index (χ3v) is 8.59. The van der Waals surface area contributed by atoms with Gasteiger partial charge in [-0.2, -0.15) is 4.31 Å². The first-order valence-corrected chi connectivity index (χ1v) is 12.6. The second-order valence-electron chi connectivity index (χ2n) is 8.92. The molecule has 2 N–H and O–H groups in total. The van der Waals surface area contributed by atoms with Crippen molar-refractivity contribution in [3.63, 3.8) is 0 Å². The normalized spacial score (nSPS) is 19.7. The molecule has 1 aliphatic heterocycles. The van der Waals surface area contributed by atoms with Crippen molar-refractivity contribution >= 4 is 27.9 Å². The highest BCUT2D eigenvalue weighted by Gasteiger charge is 2.55. The fraction of sp³-hybridized carbons (Fsp3) is 0.375. The molecule has 2 aromatic rings. The largest absolute Gasteiger partial charge is 0.350 e. The van der Waals surface area contributed by atoms with Crippen LogP contribution in [0.3, 0.4) is 0 Å². The number of aryl methyl sites for hydroxylation is 1. The van der Waals surface area contributed by atoms with E-state index in [2.05, 4.69) is 10.6 Å². The number of carbonyl (C=O) groups excluding carboxylic acids is 3. The van der Waals surface area contributed by atoms with Crippen LogP contribution in [0.4, 0.5) is 4.79 Å². The molecular formula is C24H28N4O5S. The second-order valence-corrected chi connectivity index (χ2v) is 10.9. The Bertz CT molecular complexity index is 1240. The third kappa shape index (κ3) is 4.07. The van der Waals surface area contributed by atoms with E-state index >= 15 is 0 Å². The molecule has 9 nitrogen and oxygen atoms in total. The van der Waals surface area contributed by atoms with Crippen LogP contribution in [0, 0.1) is 0 Å². The highest BCUT2D eigenvalue weighted by Crippen LogP contribution is 2.41. The highest BCUT2D eigenvalue weighted by molar-refractivity contribution is 7.89. The van der Waals surface area contributed by atoms with Crippen molar-refractivity contribution in [2.24, 2.45) is 0 Å². The Morgan fingerprint density at radius 3 is 2.50 bits per heavy atom. The van der Waals surface area contributed by atoms with Crippen LogP contribution < -0.4 is 10.6 Å². The number of imide groups is 1. The van der Waals surface area contributed by atoms with Gasteiger partial charge in [-0.15, -0.1) is 0 Å². The van der Waals surface area contributed by atoms with E-state index in [1.165, 1.54) is 23.5 Å². The number of nitrogens with zero attached hydrogens (tertiary/aromatic N) is 2. The monoisotopic (exact) mass is 484 g/mol. The molecule has 4 amide bonds. The van der Waals surface area contributed by atoms with Gasteiger partial charge in [0.15, 0.2) is 0 Å². The van der Waals surface area contributed by atoms with Crippen LogP contribution in [-0.2, 0) is 38.1 Å². The minimum Gasteiger partial charge on any atom is -0.350 e. The summed E-state index contributed by atoms with van der Waals surface area (Å²) >= 11 is 0. The molecule has 1 fully saturated rings. The molecule has 0 aromatic heterocycles. The summed E-state index contributed by atoms with van der Waals surface area (Å²) in [6.45, 7) is 3.33. The zero-order valence-corrected chi connectivity index (χ0v) is 20.2. The van der Waals surface area contributed by atoms with Crippen molar-refractivity contribution in [3.05, 3.63) is 65.2 Å². The first-order valence-electron chi connectivity index (χ1n) is 11.1. The molecule has 1 saturated heterocycles. The van der Waals surface area contributed by atoms with E-state index in [9.17, 15) is 22.8 Å². The number of carbonyl (C=O) groups is 3. The van der Waals surface area contributed by atoms with Gasteiger partial charge in [-0.3, -0.25) is 14.5 Å². The molecule has 4 rings (SSSR count). The molecule has 2 aromatic carbocycles. The quantitative estimate of drug-likeness (QED) is 0.581. The summed E-state index contributed by atoms with van der Waals surface area (Å²) in [6, 6.07) is 13.0. The average molecular weight is 485 g/mol. The van der Waals surface area contributed by atoms with Crippen LogP contribution in [0.5, 0.6) is 0 Å². The first kappa shape index (κ1) is 23.9. The maximum atomic E-state index is 13.1. The zero-order chi connectivity index (χ0) is 24.7. The van der Waals surface area contributed by atoms with Gasteiger partial charge in [0.2, 0.25) is 15.9 Å². The van der Waals surface area contributed by atoms with Crippen molar-refractivity contribution < 1.29 is 22.8 Å². The average Bonchev–Trinajstić information content (AvgIpc) is 3.30. The number of hydrogen-bond acceptors (Lipinski definition) is 5. The second kappa shape index (κ2) is 8.84. The van der Waals surface area contributed by atoms with E-state index < -0.39 is 33.4 Å². The Morgan fingerprint density at radius 1 is 1.15 bits per heavy atom. The van der Waals surface area contributed by atoms with Gasteiger partial charge in [-0.1, -0.05) is 36.4 Å². The molecule has 34 heavy (non-hydrogen) atoms. The van der Waals surface area contributed by atoms with Crippen LogP contribution in [0.15, 0.2) is 53.4 Å². The Morgan fingerprint density at radius 2 is 1.82 bits per heavy atom. The highest BCUT2D eigenvalue weighted by atomic mass is 32.2. The number of fused-ring (bicyclic) bond motifs is 2. The van der Waals surface area contributed by atoms with Gasteiger partial charge in [0.25, 0.3) is 5.91 Å². The number of rotatable bonds is 7. The van der Waals surface area contributed by atoms with Gasteiger partial charge in [0.05, 0.1) is 4.90 Å². The molecule has 1 unspecified atom stereocenters. The first-order chi connectivity index (χ1) is 16.1. The lowest BCUT2D eigenvalue weighted by Gasteiger charge is -2.22. The van der Waals surface area contributed by atoms with E-state index in [0.29, 0.717) is 18.4 Å². The maximum Gasteiger partial charge on any atom is 0.325 e. The SMILES string of the molecule is CC(C)N(C)S(=O)(=O)c1ccc(CNC(=O)CN2C(=O)NC3(CCc4ccccc43)C2=O)cc1. The van der Waals surface area contributed by atoms with E-state index in [4.69, 9.17) is 0 Å². The molecule has 0 bridgehead atoms. The van der Waals surface area contributed by atoms with E-state index in [1.54, 1.807) is 26.0 Å². The van der Waals surface area contributed by atoms with Gasteiger partial charge >= 0.3 is 6.03 Å². The van der Waals surface area contributed by atoms with Gasteiger partial charge in [-0.25, -0.2) is 13.2 Å². The summed E-state index contributed by atoms with van der Waals surface area (Å²) < 4.78 is 26.4. The number of urea groups is 1. The van der Waals surface area contributed by atoms with Crippen molar-refractivity contribution in [3.8, 4) is 0 Å². The Hall–Kier alpha value is -3.24. The fourth-order valence-corrected chi connectivity index (χ4v) is 5.72. The molecule has 180 valence electrons. The summed E-state index contributed by atoms with van der Waals surface area (Å²) in [6.07, 6.45) is 1.15. The summed E-state index contributed by atoms with van der Waals surface area (Å²) in [5.74, 6) is -0.899. The summed E-state index contributed by atoms with van der Waals surface area (Å²) in [5.41, 5.74) is 1.40. The standard InChI is InChI=1S/C24H28N4O5S/c1-16(2)27(3)34(32,33)19-10-8-17(9-11-19)14-25-21(29)15-28-22(30)24(26-23(28)31)13-12-18-6-4-5-7-20(18)24/h4-11,16H,12-15H2,1-3H3,(H,25,29)(H,26,31). The van der Waals surface area contributed by atoms with E-state index in [1.807, 2.05) is 24.3 Å². The minimum atomic E-state index is -3.59. The third-order valence-electron chi connectivity index (χ3n) is 6.54. The summed E-state index contributed by atoms with van der Waals surface area (Å²) in [7, 11) is -2.06. The Balaban J connectivity index is 1.38. The maximum absolute atomic E-state index is 13.1. The van der Waals surface area contributed by atoms with Gasteiger partial charge < -0.3 is 10.6 Å². The lowest BCUT2D eigenvalue weighted by molar-refractivity contribution is -0.135. The predicted molar refractivity (Wildman–Crippen MR) is 125 cm³/mol. The Kier molecular flexibility index (Phi) is 6.22. The molecule has 2 aliphatic rings. The van der Waals surface area contributed by atoms with Crippen LogP contribution >= 0.6 is 0 Å². The molecule has 0 saturated carbocycles. The van der Waals surface area contributed by atoms with E-state index in [0.717, 1.165) is 16.0 Å². The lowest BCUT2D eigenvalue weighted by atomic mass is 9.92. The minimum absolute atomic E-state index is 0.136. The summed E-state index contributed by atoms with van der Waals surface area (Å²) in [5, 5.41) is 5.49. The van der Waals surface area contributed by atoms with Gasteiger partial charge in [0.1, 0.15) is 12.1 Å². The molecule has 0 radical (unpaired) electrons. The van der Waals surface area contributed by atoms with Crippen LogP contribution in [0.25, 0.3) is 0 Å². The number of nitrogens with one attached hydrogen (secondary N) is 2. The molecule has 1 aliphatic carbocycles. The molecular weight excluding hydrogens is 456 g/mol. The van der Waals surface area contributed by atoms with Crippen molar-refractivity contribution in [2.45, 2.75) is 49.7 Å². The van der Waals surface area contributed by atoms with Crippen molar-refractivity contribution in [2.75, 3.05) is 13.6 Å². The number of hydrogen-bond donors (Lipinski definition) is 2. The Labute approximate surface area is 199 Å². The number of amides is 4. The molecule has 1 heterocycles. The van der Waals surface area contributed by atoms with Crippen molar-refractivity contribution in [1.29, 1.82) is 0 Å². The van der Waals surface area contributed by atoms with Gasteiger partial charge in [-0.05, 0) is 55.5 Å². The molecule has 10 heteroatoms. The van der Waals surface area contributed by atoms with Crippen LogP contribution in [-0.4, -0.2) is 55.1 Å². The lowest BCUT2D eigenvalue weighted by Crippen LogP contribution is -2.43. The fourth-order valence-electron chi connectivity index (χ4n) is 4.36. The van der Waals surface area contributed by atoms with Crippen molar-refractivity contribution in [1.82, 2.24) is 19.8 Å². The molecule has 1 atom stereocenters. The molecule has 1 spiro atoms. The summed E-state index contributed by atoms with van der Waals surface area (Å²) in [4.78, 5) is 39.3. The smallest absolute Gasteiger partial charge is 0.325 e. The van der Waals surface area contributed by atoms with E-state index in [-0.39, 0.29) is 24.0 Å². The topological polar surface area (TPSA) is 116 Å². The van der Waals surface area contributed by atoms with Gasteiger partial charge in [0, 0.05) is 19.6 Å².